The highest BCUT2D eigenvalue weighted by molar-refractivity contribution is 5.78. The lowest BCUT2D eigenvalue weighted by atomic mass is 10.0. The van der Waals surface area contributed by atoms with E-state index in [4.69, 9.17) is 0 Å². The maximum absolute atomic E-state index is 11.5. The number of allylic oxidation sites excluding steroid dienone is 2. The molecule has 1 amide bonds. The van der Waals surface area contributed by atoms with E-state index in [2.05, 4.69) is 24.8 Å². The molecule has 1 fully saturated rings. The first-order valence-corrected chi connectivity index (χ1v) is 11.7. The molecule has 160 valence electrons. The number of amides is 1. The van der Waals surface area contributed by atoms with Crippen LogP contribution in [0.5, 0.6) is 0 Å². The van der Waals surface area contributed by atoms with Gasteiger partial charge in [0.25, 0.3) is 0 Å². The summed E-state index contributed by atoms with van der Waals surface area (Å²) in [5.41, 5.74) is 4.50. The maximum Gasteiger partial charge on any atom is 0.222 e. The van der Waals surface area contributed by atoms with Gasteiger partial charge in [-0.25, -0.2) is 0 Å². The van der Waals surface area contributed by atoms with E-state index < -0.39 is 0 Å². The monoisotopic (exact) mass is 380 g/mol. The number of carbonyl (C=O) groups excluding carboxylic acids is 1. The van der Waals surface area contributed by atoms with Crippen LogP contribution in [0.3, 0.4) is 0 Å². The van der Waals surface area contributed by atoms with Gasteiger partial charge in [-0.2, -0.15) is 0 Å². The first-order chi connectivity index (χ1) is 13.3. The van der Waals surface area contributed by atoms with Gasteiger partial charge < -0.3 is 10.6 Å². The summed E-state index contributed by atoms with van der Waals surface area (Å²) in [6, 6.07) is 0.532. The number of unbranched alkanes of at least 4 members (excludes halogenated alkanes) is 12. The molecule has 27 heavy (non-hydrogen) atoms. The van der Waals surface area contributed by atoms with E-state index in [0.29, 0.717) is 11.9 Å². The highest BCUT2D eigenvalue weighted by Crippen LogP contribution is 2.22. The SMILES string of the molecule is CCCCCCCCC=CCCCCCCCCC1CCC(=O)N1C.CN. The summed E-state index contributed by atoms with van der Waals surface area (Å²) in [5.74, 6) is 0.342. The Balaban J connectivity index is 0.00000326. The summed E-state index contributed by atoms with van der Waals surface area (Å²) in [6.07, 6.45) is 26.9. The molecular weight excluding hydrogens is 332 g/mol. The summed E-state index contributed by atoms with van der Waals surface area (Å²) in [4.78, 5) is 13.4. The van der Waals surface area contributed by atoms with E-state index in [9.17, 15) is 4.79 Å². The second-order valence-corrected chi connectivity index (χ2v) is 7.92. The van der Waals surface area contributed by atoms with Crippen molar-refractivity contribution in [1.82, 2.24) is 4.90 Å². The molecule has 1 rings (SSSR count). The van der Waals surface area contributed by atoms with Gasteiger partial charge in [0.2, 0.25) is 5.91 Å². The number of rotatable bonds is 16. The van der Waals surface area contributed by atoms with Crippen LogP contribution in [0.25, 0.3) is 0 Å². The Kier molecular flexibility index (Phi) is 19.3. The van der Waals surface area contributed by atoms with Crippen molar-refractivity contribution >= 4 is 5.91 Å². The molecule has 1 atom stereocenters. The predicted octanol–water partition coefficient (Wildman–Crippen LogP) is 6.61. The molecular formula is C24H48N2O. The zero-order valence-corrected chi connectivity index (χ0v) is 18.7. The molecule has 0 aliphatic carbocycles. The van der Waals surface area contributed by atoms with Crippen LogP contribution in [-0.4, -0.2) is 30.9 Å². The summed E-state index contributed by atoms with van der Waals surface area (Å²) in [5, 5.41) is 0. The summed E-state index contributed by atoms with van der Waals surface area (Å²) < 4.78 is 0. The molecule has 0 bridgehead atoms. The lowest BCUT2D eigenvalue weighted by Gasteiger charge is -2.19. The van der Waals surface area contributed by atoms with Crippen molar-refractivity contribution in [3.63, 3.8) is 0 Å². The van der Waals surface area contributed by atoms with Gasteiger partial charge in [0.1, 0.15) is 0 Å². The van der Waals surface area contributed by atoms with Crippen molar-refractivity contribution in [3.8, 4) is 0 Å². The largest absolute Gasteiger partial charge is 0.343 e. The van der Waals surface area contributed by atoms with E-state index in [0.717, 1.165) is 12.8 Å². The Morgan fingerprint density at radius 3 is 1.81 bits per heavy atom. The van der Waals surface area contributed by atoms with E-state index >= 15 is 0 Å². The number of likely N-dealkylation sites (tertiary alicyclic amines) is 1. The van der Waals surface area contributed by atoms with Crippen LogP contribution in [0.1, 0.15) is 116 Å². The van der Waals surface area contributed by atoms with Crippen LogP contribution in [0, 0.1) is 0 Å². The Hall–Kier alpha value is -0.830. The van der Waals surface area contributed by atoms with Gasteiger partial charge in [-0.15, -0.1) is 0 Å². The smallest absolute Gasteiger partial charge is 0.222 e. The van der Waals surface area contributed by atoms with Crippen molar-refractivity contribution in [2.75, 3.05) is 14.1 Å². The summed E-state index contributed by atoms with van der Waals surface area (Å²) >= 11 is 0. The normalized spacial score (nSPS) is 16.8. The zero-order valence-electron chi connectivity index (χ0n) is 18.7. The van der Waals surface area contributed by atoms with Gasteiger partial charge in [0.05, 0.1) is 0 Å². The summed E-state index contributed by atoms with van der Waals surface area (Å²) in [7, 11) is 3.47. The number of hydrogen-bond donors (Lipinski definition) is 1. The van der Waals surface area contributed by atoms with Gasteiger partial charge in [-0.1, -0.05) is 83.3 Å². The van der Waals surface area contributed by atoms with Gasteiger partial charge in [-0.05, 0) is 45.6 Å². The Labute approximate surface area is 170 Å². The zero-order chi connectivity index (χ0) is 20.2. The highest BCUT2D eigenvalue weighted by atomic mass is 16.2. The molecule has 0 saturated carbocycles. The predicted molar refractivity (Wildman–Crippen MR) is 120 cm³/mol. The standard InChI is InChI=1S/C23H43NO.CH5N/c1-3-4-5-6-7-8-9-10-11-12-13-14-15-16-17-18-19-22-20-21-23(25)24(22)2;1-2/h10-11,22H,3-9,12-21H2,1-2H3;2H2,1H3. The quantitative estimate of drug-likeness (QED) is 0.242. The van der Waals surface area contributed by atoms with Crippen molar-refractivity contribution in [3.05, 3.63) is 12.2 Å². The van der Waals surface area contributed by atoms with Crippen LogP contribution < -0.4 is 5.73 Å². The van der Waals surface area contributed by atoms with Crippen LogP contribution in [-0.2, 0) is 4.79 Å². The van der Waals surface area contributed by atoms with Crippen molar-refractivity contribution < 1.29 is 4.79 Å². The molecule has 1 unspecified atom stereocenters. The van der Waals surface area contributed by atoms with E-state index in [1.54, 1.807) is 0 Å². The van der Waals surface area contributed by atoms with Gasteiger partial charge >= 0.3 is 0 Å². The number of nitrogens with zero attached hydrogens (tertiary/aromatic N) is 1. The molecule has 3 heteroatoms. The lowest BCUT2D eigenvalue weighted by molar-refractivity contribution is -0.127. The topological polar surface area (TPSA) is 46.3 Å². The summed E-state index contributed by atoms with van der Waals surface area (Å²) in [6.45, 7) is 2.28. The van der Waals surface area contributed by atoms with Crippen LogP contribution in [0.4, 0.5) is 0 Å². The fraction of sp³-hybridized carbons (Fsp3) is 0.875. The first-order valence-electron chi connectivity index (χ1n) is 11.7. The minimum absolute atomic E-state index is 0.342. The fourth-order valence-corrected chi connectivity index (χ4v) is 3.83. The van der Waals surface area contributed by atoms with Crippen LogP contribution >= 0.6 is 0 Å². The molecule has 2 N–H and O–H groups in total. The lowest BCUT2D eigenvalue weighted by Crippen LogP contribution is -2.28. The molecule has 1 saturated heterocycles. The molecule has 1 heterocycles. The Morgan fingerprint density at radius 2 is 1.33 bits per heavy atom. The maximum atomic E-state index is 11.5. The third kappa shape index (κ3) is 14.8. The van der Waals surface area contributed by atoms with Crippen molar-refractivity contribution in [2.24, 2.45) is 5.73 Å². The number of carbonyl (C=O) groups is 1. The molecule has 0 aromatic rings. The third-order valence-electron chi connectivity index (χ3n) is 5.68. The molecule has 0 aromatic heterocycles. The molecule has 0 spiro atoms. The van der Waals surface area contributed by atoms with E-state index in [1.165, 1.54) is 103 Å². The van der Waals surface area contributed by atoms with Crippen LogP contribution in [0.2, 0.25) is 0 Å². The third-order valence-corrected chi connectivity index (χ3v) is 5.68. The Bertz CT molecular complexity index is 354. The minimum atomic E-state index is 0.342. The van der Waals surface area contributed by atoms with E-state index in [1.807, 2.05) is 11.9 Å². The van der Waals surface area contributed by atoms with Crippen molar-refractivity contribution in [2.45, 2.75) is 122 Å². The van der Waals surface area contributed by atoms with Crippen LogP contribution in [0.15, 0.2) is 12.2 Å². The average Bonchev–Trinajstić information content (AvgIpc) is 3.01. The highest BCUT2D eigenvalue weighted by Gasteiger charge is 2.26. The number of hydrogen-bond acceptors (Lipinski definition) is 2. The first kappa shape index (κ1) is 26.2. The molecule has 0 radical (unpaired) electrons. The molecule has 1 aliphatic rings. The Morgan fingerprint density at radius 1 is 0.852 bits per heavy atom. The molecule has 0 aromatic carbocycles. The number of nitrogens with two attached hydrogens (primary N) is 1. The molecule has 3 nitrogen and oxygen atoms in total. The van der Waals surface area contributed by atoms with Crippen molar-refractivity contribution in [1.29, 1.82) is 0 Å². The van der Waals surface area contributed by atoms with Gasteiger partial charge in [0, 0.05) is 19.5 Å². The van der Waals surface area contributed by atoms with E-state index in [-0.39, 0.29) is 0 Å². The average molecular weight is 381 g/mol. The second-order valence-electron chi connectivity index (χ2n) is 7.92. The van der Waals surface area contributed by atoms with Gasteiger partial charge in [0.15, 0.2) is 0 Å². The van der Waals surface area contributed by atoms with Gasteiger partial charge in [-0.3, -0.25) is 4.79 Å². The second kappa shape index (κ2) is 19.9. The fourth-order valence-electron chi connectivity index (χ4n) is 3.83. The molecule has 1 aliphatic heterocycles. The minimum Gasteiger partial charge on any atom is -0.343 e.